The number of ether oxygens (including phenoxy) is 8. The van der Waals surface area contributed by atoms with Crippen LogP contribution in [0.15, 0.2) is 54.6 Å². The maximum Gasteiger partial charge on any atom is 0.409 e. The lowest BCUT2D eigenvalue weighted by Gasteiger charge is -2.42. The van der Waals surface area contributed by atoms with Crippen molar-refractivity contribution in [2.24, 2.45) is 11.7 Å². The van der Waals surface area contributed by atoms with Crippen molar-refractivity contribution in [3.63, 3.8) is 0 Å². The van der Waals surface area contributed by atoms with Crippen LogP contribution in [0.4, 0.5) is 20.1 Å². The molecule has 8 rings (SSSR count). The van der Waals surface area contributed by atoms with Gasteiger partial charge in [-0.3, -0.25) is 48.6 Å². The number of rotatable bonds is 30. The summed E-state index contributed by atoms with van der Waals surface area (Å²) in [7, 11) is 5.55. The molecule has 31 nitrogen and oxygen atoms in total. The number of likely N-dealkylation sites (N-methyl/N-ethyl adjacent to an activating group) is 2. The number of primary amides is 1. The molecule has 3 heterocycles. The minimum atomic E-state index is -2.48. The van der Waals surface area contributed by atoms with Crippen molar-refractivity contribution in [1.82, 2.24) is 36.0 Å². The molecule has 97 heavy (non-hydrogen) atoms. The van der Waals surface area contributed by atoms with Crippen molar-refractivity contribution in [2.75, 3.05) is 79.6 Å². The first-order valence-electron chi connectivity index (χ1n) is 32.0. The van der Waals surface area contributed by atoms with Gasteiger partial charge in [-0.2, -0.15) is 0 Å². The van der Waals surface area contributed by atoms with Crippen LogP contribution in [0.1, 0.15) is 133 Å². The average Bonchev–Trinajstić information content (AvgIpc) is 1.15. The molecule has 3 aromatic carbocycles. The van der Waals surface area contributed by atoms with E-state index >= 15 is 0 Å². The van der Waals surface area contributed by atoms with Crippen LogP contribution in [-0.2, 0) is 75.0 Å². The van der Waals surface area contributed by atoms with Gasteiger partial charge in [-0.1, -0.05) is 44.5 Å². The van der Waals surface area contributed by atoms with Crippen LogP contribution in [0, 0.1) is 5.92 Å². The average molecular weight is 1360 g/mol. The zero-order valence-corrected chi connectivity index (χ0v) is 55.1. The second kappa shape index (κ2) is 33.2. The highest BCUT2D eigenvalue weighted by Crippen LogP contribution is 2.53. The topological polar surface area (TPSA) is 418 Å². The molecule has 0 aromatic heterocycles. The number of amides is 9. The van der Waals surface area contributed by atoms with Crippen LogP contribution < -0.4 is 37.1 Å². The van der Waals surface area contributed by atoms with Crippen molar-refractivity contribution in [1.29, 1.82) is 0 Å². The molecule has 0 bridgehead atoms. The minimum absolute atomic E-state index is 0.0422. The number of benzene rings is 3. The van der Waals surface area contributed by atoms with E-state index in [1.807, 2.05) is 0 Å². The standard InChI is InChI=1S/C66H85N9O22/c1-35(2)54(72-46(77)16-9-8-10-27-75-47(78)22-23-48(75)79)60(85)71-41(14-12-25-69-63(67)86)59(84)70-38-19-17-37(18-20-38)33-93-64(87)73(4)28-29-74(5)65(88)94-34-45(76)66(89)31-40-51(58(83)53-52(56(40)81)55(80)39-13-11-15-43(90-6)50(39)57(53)82)44(32-66)96-49-24-21-42(36(3)95-49)97-61-62(91-7)92-30-26-68-61/h11,13,15,17-20,22-23,35-36,41-42,44,49,54,61-62,68,81,83,89H,8-10,12,14,16,21,24-34H2,1-7H3,(H,70,84)(H,71,85)(H,72,77)(H3,67,69,86)/t36-,41+,42-,44-,49-,54+,61+,62-,66-/m0/s1. The summed E-state index contributed by atoms with van der Waals surface area (Å²) in [6, 6.07) is 7.64. The number of methoxy groups -OCH3 is 2. The van der Waals surface area contributed by atoms with E-state index in [0.717, 1.165) is 9.80 Å². The van der Waals surface area contributed by atoms with E-state index in [0.29, 0.717) is 50.1 Å². The molecule has 5 aliphatic rings. The number of unbranched alkanes of at least 4 members (excludes halogenated alkanes) is 2. The summed E-state index contributed by atoms with van der Waals surface area (Å²) in [5, 5.41) is 50.4. The molecule has 2 saturated heterocycles. The number of nitrogens with two attached hydrogens (primary N) is 1. The lowest BCUT2D eigenvalue weighted by molar-refractivity contribution is -0.281. The number of urea groups is 1. The predicted octanol–water partition coefficient (Wildman–Crippen LogP) is 2.85. The number of aliphatic hydroxyl groups is 1. The molecule has 9 amide bonds. The van der Waals surface area contributed by atoms with Gasteiger partial charge >= 0.3 is 18.2 Å². The van der Waals surface area contributed by atoms with E-state index in [9.17, 15) is 68.1 Å². The normalized spacial score (nSPS) is 21.7. The van der Waals surface area contributed by atoms with E-state index in [-0.39, 0.29) is 104 Å². The van der Waals surface area contributed by atoms with Gasteiger partial charge in [0.2, 0.25) is 29.3 Å². The Balaban J connectivity index is 0.832. The monoisotopic (exact) mass is 1360 g/mol. The third kappa shape index (κ3) is 18.1. The molecule has 0 spiro atoms. The number of fused-ring (bicyclic) bond motifs is 3. The number of anilines is 1. The number of Topliss-reactive ketones (excluding diaryl/α,β-unsaturated/α-hetero) is 1. The lowest BCUT2D eigenvalue weighted by Crippen LogP contribution is -2.54. The predicted molar refractivity (Wildman–Crippen MR) is 340 cm³/mol. The van der Waals surface area contributed by atoms with Gasteiger partial charge < -0.3 is 90.0 Å². The van der Waals surface area contributed by atoms with Gasteiger partial charge in [-0.05, 0) is 68.7 Å². The molecule has 2 aliphatic carbocycles. The second-order valence-electron chi connectivity index (χ2n) is 24.6. The maximum absolute atomic E-state index is 14.3. The Bertz CT molecular complexity index is 3470. The SMILES string of the molecule is COc1cccc2c1C(=O)c1c(O)c3c(c(O)c1C2=O)C[C@@](O)(C(=O)COC(=O)N(C)CCN(C)C(=O)OCc1ccc(NC(=O)[C@@H](CCCNC(N)=O)NC(=O)[C@H](NC(=O)CCCCCN2C(=O)C=CC2=O)C(C)C)cc1)C[C@@H]3O[C@H]1CC[C@H](O[C@H]2NCCO[C@@H]2OC)[C@H](C)O1. The van der Waals surface area contributed by atoms with Crippen LogP contribution in [0.5, 0.6) is 17.2 Å². The van der Waals surface area contributed by atoms with Crippen LogP contribution in [0.25, 0.3) is 0 Å². The number of morpholine rings is 1. The number of hydrogen-bond acceptors (Lipinski definition) is 23. The molecule has 31 heteroatoms. The second-order valence-corrected chi connectivity index (χ2v) is 24.6. The highest BCUT2D eigenvalue weighted by Gasteiger charge is 2.51. The summed E-state index contributed by atoms with van der Waals surface area (Å²) < 4.78 is 46.4. The fourth-order valence-corrected chi connectivity index (χ4v) is 11.9. The highest BCUT2D eigenvalue weighted by atomic mass is 16.7. The van der Waals surface area contributed by atoms with Gasteiger partial charge in [-0.15, -0.1) is 0 Å². The zero-order chi connectivity index (χ0) is 70.4. The molecule has 0 saturated carbocycles. The molecule has 0 unspecified atom stereocenters. The molecule has 9 atom stereocenters. The molecule has 526 valence electrons. The van der Waals surface area contributed by atoms with Gasteiger partial charge in [0.15, 0.2) is 31.2 Å². The van der Waals surface area contributed by atoms with E-state index in [4.69, 9.17) is 43.6 Å². The Morgan fingerprint density at radius 1 is 0.825 bits per heavy atom. The van der Waals surface area contributed by atoms with Gasteiger partial charge in [-0.25, -0.2) is 14.4 Å². The van der Waals surface area contributed by atoms with Gasteiger partial charge in [0.25, 0.3) is 11.8 Å². The van der Waals surface area contributed by atoms with Crippen LogP contribution in [0.2, 0.25) is 0 Å². The van der Waals surface area contributed by atoms with E-state index in [1.54, 1.807) is 45.0 Å². The summed E-state index contributed by atoms with van der Waals surface area (Å²) in [5.41, 5.74) is 1.76. The number of imide groups is 1. The Labute approximate surface area is 559 Å². The van der Waals surface area contributed by atoms with Crippen molar-refractivity contribution in [3.05, 3.63) is 93.6 Å². The Morgan fingerprint density at radius 3 is 2.18 bits per heavy atom. The van der Waals surface area contributed by atoms with E-state index in [2.05, 4.69) is 26.6 Å². The fourth-order valence-electron chi connectivity index (χ4n) is 11.9. The zero-order valence-electron chi connectivity index (χ0n) is 55.1. The number of phenols is 2. The minimum Gasteiger partial charge on any atom is -0.507 e. The van der Waals surface area contributed by atoms with Gasteiger partial charge in [0.1, 0.15) is 41.5 Å². The van der Waals surface area contributed by atoms with Crippen LogP contribution >= 0.6 is 0 Å². The number of carbonyl (C=O) groups excluding carboxylic acids is 11. The van der Waals surface area contributed by atoms with Crippen molar-refractivity contribution < 1.29 is 106 Å². The first-order valence-corrected chi connectivity index (χ1v) is 32.0. The smallest absolute Gasteiger partial charge is 0.409 e. The van der Waals surface area contributed by atoms with Crippen molar-refractivity contribution in [3.8, 4) is 17.2 Å². The van der Waals surface area contributed by atoms with E-state index in [1.165, 1.54) is 63.6 Å². The van der Waals surface area contributed by atoms with E-state index < -0.39 is 150 Å². The molecule has 10 N–H and O–H groups in total. The Hall–Kier alpha value is -9.11. The number of phenolic OH excluding ortho intramolecular Hbond substituents is 2. The molecule has 0 radical (unpaired) electrons. The quantitative estimate of drug-likeness (QED) is 0.0206. The molecular weight excluding hydrogens is 1270 g/mol. The molecule has 3 aromatic rings. The third-order valence-electron chi connectivity index (χ3n) is 17.4. The summed E-state index contributed by atoms with van der Waals surface area (Å²) >= 11 is 0. The Kier molecular flexibility index (Phi) is 25.2. The molecular formula is C66H85N9O22. The summed E-state index contributed by atoms with van der Waals surface area (Å²) in [5.74, 6) is -6.98. The first kappa shape index (κ1) is 73.7. The molecule has 2 fully saturated rings. The van der Waals surface area contributed by atoms with Crippen molar-refractivity contribution in [2.45, 2.75) is 146 Å². The Morgan fingerprint density at radius 2 is 1.52 bits per heavy atom. The van der Waals surface area contributed by atoms with Gasteiger partial charge in [0, 0.05) is 114 Å². The first-order chi connectivity index (χ1) is 46.2. The third-order valence-corrected chi connectivity index (χ3v) is 17.4. The number of carbonyl (C=O) groups is 11. The summed E-state index contributed by atoms with van der Waals surface area (Å²) in [4.78, 5) is 148. The van der Waals surface area contributed by atoms with Crippen LogP contribution in [0.3, 0.4) is 0 Å². The molecule has 3 aliphatic heterocycles. The number of nitrogens with zero attached hydrogens (tertiary/aromatic N) is 3. The van der Waals surface area contributed by atoms with Crippen molar-refractivity contribution >= 4 is 70.8 Å². The number of hydrogen-bond donors (Lipinski definition) is 9. The number of nitrogens with one attached hydrogen (secondary N) is 5. The highest BCUT2D eigenvalue weighted by molar-refractivity contribution is 6.31. The lowest BCUT2D eigenvalue weighted by atomic mass is 9.72. The summed E-state index contributed by atoms with van der Waals surface area (Å²) in [6.07, 6.45) is -3.25. The fraction of sp³-hybridized carbons (Fsp3) is 0.530. The number of aromatic hydroxyl groups is 2. The number of ketones is 3. The maximum atomic E-state index is 14.3. The van der Waals surface area contributed by atoms with Gasteiger partial charge in [0.05, 0.1) is 48.7 Å². The summed E-state index contributed by atoms with van der Waals surface area (Å²) in [6.45, 7) is 5.03. The largest absolute Gasteiger partial charge is 0.507 e. The van der Waals surface area contributed by atoms with Crippen LogP contribution in [-0.4, -0.2) is 218 Å².